The normalized spacial score (nSPS) is 16.6. The first-order valence-corrected chi connectivity index (χ1v) is 19.5. The van der Waals surface area contributed by atoms with Gasteiger partial charge in [0.25, 0.3) is 5.56 Å². The quantitative estimate of drug-likeness (QED) is 0.166. The second-order valence-electron chi connectivity index (χ2n) is 16.0. The molecule has 8 aromatic carbocycles. The van der Waals surface area contributed by atoms with Gasteiger partial charge in [-0.25, -0.2) is 0 Å². The number of hydrogen-bond donors (Lipinski definition) is 0. The van der Waals surface area contributed by atoms with E-state index in [2.05, 4.69) is 183 Å². The molecule has 3 aliphatic rings. The van der Waals surface area contributed by atoms with E-state index in [1.54, 1.807) is 0 Å². The molecule has 3 heteroatoms. The molecular weight excluding hydrogens is 681 g/mol. The lowest BCUT2D eigenvalue weighted by Gasteiger charge is -2.49. The fourth-order valence-electron chi connectivity index (χ4n) is 10.6. The van der Waals surface area contributed by atoms with Crippen LogP contribution in [-0.2, 0) is 10.8 Å². The third-order valence-corrected chi connectivity index (χ3v) is 13.0. The summed E-state index contributed by atoms with van der Waals surface area (Å²) in [5.41, 5.74) is 16.6. The van der Waals surface area contributed by atoms with Gasteiger partial charge in [-0.15, -0.1) is 0 Å². The molecule has 1 spiro atoms. The van der Waals surface area contributed by atoms with Crippen LogP contribution in [0.25, 0.3) is 49.6 Å². The summed E-state index contributed by atoms with van der Waals surface area (Å²) in [5, 5.41) is 2.78. The third kappa shape index (κ3) is 3.84. The maximum absolute atomic E-state index is 14.7. The van der Waals surface area contributed by atoms with Crippen molar-refractivity contribution in [1.29, 1.82) is 0 Å². The second-order valence-corrected chi connectivity index (χ2v) is 16.0. The Hall–Kier alpha value is -6.97. The van der Waals surface area contributed by atoms with Crippen molar-refractivity contribution >= 4 is 38.7 Å². The van der Waals surface area contributed by atoms with Crippen molar-refractivity contribution in [2.75, 3.05) is 4.90 Å². The Labute approximate surface area is 325 Å². The molecule has 0 fully saturated rings. The van der Waals surface area contributed by atoms with Gasteiger partial charge in [-0.05, 0) is 103 Å². The van der Waals surface area contributed by atoms with Crippen molar-refractivity contribution in [2.24, 2.45) is 0 Å². The van der Waals surface area contributed by atoms with E-state index in [1.807, 2.05) is 22.8 Å². The van der Waals surface area contributed by atoms with Crippen molar-refractivity contribution < 1.29 is 0 Å². The van der Waals surface area contributed by atoms with E-state index in [0.717, 1.165) is 66.7 Å². The molecule has 0 radical (unpaired) electrons. The lowest BCUT2D eigenvalue weighted by atomic mass is 9.60. The van der Waals surface area contributed by atoms with Gasteiger partial charge < -0.3 is 4.90 Å². The molecule has 0 N–H and O–H groups in total. The number of nitrogens with zero attached hydrogens (tertiary/aromatic N) is 2. The van der Waals surface area contributed by atoms with Gasteiger partial charge in [-0.1, -0.05) is 153 Å². The minimum Gasteiger partial charge on any atom is -0.310 e. The summed E-state index contributed by atoms with van der Waals surface area (Å²) in [4.78, 5) is 17.2. The van der Waals surface area contributed by atoms with Crippen LogP contribution in [0.3, 0.4) is 0 Å². The SMILES string of the molecule is CC1(C)c2ccccc2-c2ccc(N3c4ccccc4C4(c5cc(-c6ccccc6)ccc53)c3ccccc3-n3c(=O)c5ccccc5c5cccc4c53)cc21. The Kier molecular flexibility index (Phi) is 6.20. The molecular formula is C53H36N2O. The third-order valence-electron chi connectivity index (χ3n) is 13.0. The minimum absolute atomic E-state index is 0.00795. The van der Waals surface area contributed by atoms with E-state index in [-0.39, 0.29) is 11.0 Å². The van der Waals surface area contributed by atoms with Gasteiger partial charge in [-0.3, -0.25) is 9.36 Å². The lowest BCUT2D eigenvalue weighted by molar-refractivity contribution is 0.660. The van der Waals surface area contributed by atoms with Crippen molar-refractivity contribution in [3.05, 3.63) is 226 Å². The topological polar surface area (TPSA) is 25.2 Å². The average molecular weight is 717 g/mol. The van der Waals surface area contributed by atoms with Crippen molar-refractivity contribution in [2.45, 2.75) is 24.7 Å². The van der Waals surface area contributed by atoms with Gasteiger partial charge in [0.15, 0.2) is 0 Å². The molecule has 0 bridgehead atoms. The standard InChI is InChI=1S/C53H36N2O/c1-52(2)41-21-9-8-18-37(41)38-29-28-35(32-45(38)52)54-47-25-12-10-22-42(47)53(46-31-34(27-30-49(46)54)33-15-4-3-5-16-33)43-23-11-13-26-48(43)55-50-39(20-14-24-44(50)53)36-17-6-7-19-40(36)51(55)56/h3-32H,1-2H3. The van der Waals surface area contributed by atoms with Crippen LogP contribution in [0, 0.1) is 0 Å². The summed E-state index contributed by atoms with van der Waals surface area (Å²) < 4.78 is 1.99. The molecule has 264 valence electrons. The van der Waals surface area contributed by atoms with Crippen LogP contribution >= 0.6 is 0 Å². The van der Waals surface area contributed by atoms with E-state index in [0.29, 0.717) is 0 Å². The fourth-order valence-corrected chi connectivity index (χ4v) is 10.6. The molecule has 9 aromatic rings. The molecule has 2 aliphatic heterocycles. The number of rotatable bonds is 2. The molecule has 1 unspecified atom stereocenters. The number of pyridine rings is 1. The highest BCUT2D eigenvalue weighted by molar-refractivity contribution is 6.09. The van der Waals surface area contributed by atoms with Gasteiger partial charge in [0.2, 0.25) is 0 Å². The molecule has 0 saturated heterocycles. The van der Waals surface area contributed by atoms with E-state index in [9.17, 15) is 4.79 Å². The van der Waals surface area contributed by atoms with Crippen molar-refractivity contribution in [3.8, 4) is 27.9 Å². The van der Waals surface area contributed by atoms with E-state index >= 15 is 0 Å². The summed E-state index contributed by atoms with van der Waals surface area (Å²) in [6.45, 7) is 4.70. The molecule has 12 rings (SSSR count). The molecule has 0 amide bonds. The van der Waals surface area contributed by atoms with E-state index < -0.39 is 5.41 Å². The van der Waals surface area contributed by atoms with Crippen LogP contribution in [0.5, 0.6) is 0 Å². The number of aromatic nitrogens is 1. The number of benzene rings is 8. The Morgan fingerprint density at radius 3 is 1.84 bits per heavy atom. The van der Waals surface area contributed by atoms with Crippen molar-refractivity contribution in [3.63, 3.8) is 0 Å². The monoisotopic (exact) mass is 716 g/mol. The summed E-state index contributed by atoms with van der Waals surface area (Å²) in [7, 11) is 0. The average Bonchev–Trinajstić information content (AvgIpc) is 3.48. The van der Waals surface area contributed by atoms with Crippen LogP contribution in [0.4, 0.5) is 17.1 Å². The Balaban J connectivity index is 1.23. The molecule has 3 heterocycles. The van der Waals surface area contributed by atoms with Gasteiger partial charge in [0.05, 0.1) is 28.0 Å². The zero-order valence-electron chi connectivity index (χ0n) is 31.1. The van der Waals surface area contributed by atoms with Crippen molar-refractivity contribution in [1.82, 2.24) is 4.57 Å². The smallest absolute Gasteiger partial charge is 0.263 e. The maximum atomic E-state index is 14.7. The highest BCUT2D eigenvalue weighted by atomic mass is 16.1. The molecule has 3 nitrogen and oxygen atoms in total. The van der Waals surface area contributed by atoms with Crippen LogP contribution < -0.4 is 10.5 Å². The summed E-state index contributed by atoms with van der Waals surface area (Å²) in [5.74, 6) is 0. The lowest BCUT2D eigenvalue weighted by Crippen LogP contribution is -2.42. The molecule has 1 atom stereocenters. The number of hydrogen-bond acceptors (Lipinski definition) is 2. The maximum Gasteiger partial charge on any atom is 0.263 e. The van der Waals surface area contributed by atoms with Crippen LogP contribution in [0.1, 0.15) is 47.2 Å². The fraction of sp³-hybridized carbons (Fsp3) is 0.0755. The highest BCUT2D eigenvalue weighted by Gasteiger charge is 2.51. The van der Waals surface area contributed by atoms with Gasteiger partial charge in [0.1, 0.15) is 0 Å². The highest BCUT2D eigenvalue weighted by Crippen LogP contribution is 2.62. The first kappa shape index (κ1) is 31.4. The number of anilines is 3. The second kappa shape index (κ2) is 11.1. The van der Waals surface area contributed by atoms with E-state index in [1.165, 1.54) is 33.4 Å². The first-order chi connectivity index (χ1) is 27.5. The van der Waals surface area contributed by atoms with Crippen LogP contribution in [0.15, 0.2) is 187 Å². The molecule has 56 heavy (non-hydrogen) atoms. The van der Waals surface area contributed by atoms with Crippen LogP contribution in [-0.4, -0.2) is 4.57 Å². The zero-order valence-corrected chi connectivity index (χ0v) is 31.1. The largest absolute Gasteiger partial charge is 0.310 e. The Morgan fingerprint density at radius 1 is 0.411 bits per heavy atom. The first-order valence-electron chi connectivity index (χ1n) is 19.5. The predicted molar refractivity (Wildman–Crippen MR) is 230 cm³/mol. The molecule has 1 aliphatic carbocycles. The molecule has 0 saturated carbocycles. The zero-order chi connectivity index (χ0) is 37.3. The minimum atomic E-state index is -0.746. The number of para-hydroxylation sites is 3. The van der Waals surface area contributed by atoms with Gasteiger partial charge in [-0.2, -0.15) is 0 Å². The summed E-state index contributed by atoms with van der Waals surface area (Å²) in [6, 6.07) is 65.9. The van der Waals surface area contributed by atoms with E-state index in [4.69, 9.17) is 0 Å². The number of fused-ring (bicyclic) bond motifs is 13. The van der Waals surface area contributed by atoms with Gasteiger partial charge in [0, 0.05) is 21.9 Å². The predicted octanol–water partition coefficient (Wildman–Crippen LogP) is 12.6. The Morgan fingerprint density at radius 2 is 1.02 bits per heavy atom. The summed E-state index contributed by atoms with van der Waals surface area (Å²) in [6.07, 6.45) is 0. The van der Waals surface area contributed by atoms with Gasteiger partial charge >= 0.3 is 0 Å². The summed E-state index contributed by atoms with van der Waals surface area (Å²) >= 11 is 0. The Bertz CT molecular complexity index is 3210. The van der Waals surface area contributed by atoms with Crippen LogP contribution in [0.2, 0.25) is 0 Å². The molecule has 1 aromatic heterocycles.